The maximum Gasteiger partial charge on any atom is 0.347 e. The molecule has 6 heteroatoms. The van der Waals surface area contributed by atoms with Crippen LogP contribution in [-0.4, -0.2) is 23.7 Å². The first kappa shape index (κ1) is 15.3. The molecule has 1 aromatic carbocycles. The number of anilines is 1. The van der Waals surface area contributed by atoms with E-state index >= 15 is 0 Å². The topological polar surface area (TPSA) is 74.4 Å². The van der Waals surface area contributed by atoms with Crippen LogP contribution in [0, 0.1) is 0 Å². The molecular formula is C15H18N2O3S. The Hall–Kier alpha value is -2.08. The van der Waals surface area contributed by atoms with Crippen LogP contribution in [0.25, 0.3) is 11.3 Å². The molecule has 0 spiro atoms. The zero-order chi connectivity index (χ0) is 15.2. The van der Waals surface area contributed by atoms with Crippen molar-refractivity contribution in [3.63, 3.8) is 0 Å². The summed E-state index contributed by atoms with van der Waals surface area (Å²) in [6.07, 6.45) is -0.0482. The molecule has 0 saturated carbocycles. The first-order chi connectivity index (χ1) is 10.1. The molecular weight excluding hydrogens is 288 g/mol. The van der Waals surface area contributed by atoms with Crippen LogP contribution in [0.2, 0.25) is 0 Å². The second-order valence-corrected chi connectivity index (χ2v) is 5.26. The summed E-state index contributed by atoms with van der Waals surface area (Å²) in [4.78, 5) is 16.0. The van der Waals surface area contributed by atoms with E-state index in [0.29, 0.717) is 23.9 Å². The molecule has 0 bridgehead atoms. The third-order valence-corrected chi connectivity index (χ3v) is 3.52. The lowest BCUT2D eigenvalue weighted by atomic mass is 10.1. The Morgan fingerprint density at radius 1 is 1.43 bits per heavy atom. The second kappa shape index (κ2) is 7.08. The van der Waals surface area contributed by atoms with E-state index in [1.807, 2.05) is 30.5 Å². The summed E-state index contributed by atoms with van der Waals surface area (Å²) in [7, 11) is 0. The van der Waals surface area contributed by atoms with Gasteiger partial charge in [0.25, 0.3) is 0 Å². The van der Waals surface area contributed by atoms with E-state index < -0.39 is 6.10 Å². The van der Waals surface area contributed by atoms with Crippen molar-refractivity contribution >= 4 is 22.4 Å². The fraction of sp³-hybridized carbons (Fsp3) is 0.333. The van der Waals surface area contributed by atoms with Crippen molar-refractivity contribution < 1.29 is 14.3 Å². The standard InChI is InChI=1S/C15H18N2O3S/c1-3-13(14(18)19-4-2)20-11-7-5-6-10(8-11)12-9-21-15(16)17-12/h5-9,13H,3-4H2,1-2H3,(H2,16,17). The van der Waals surface area contributed by atoms with Crippen LogP contribution in [0.3, 0.4) is 0 Å². The van der Waals surface area contributed by atoms with Crippen LogP contribution in [0.15, 0.2) is 29.6 Å². The van der Waals surface area contributed by atoms with E-state index in [-0.39, 0.29) is 5.97 Å². The maximum atomic E-state index is 11.8. The van der Waals surface area contributed by atoms with Crippen molar-refractivity contribution in [1.82, 2.24) is 4.98 Å². The maximum absolute atomic E-state index is 11.8. The van der Waals surface area contributed by atoms with Gasteiger partial charge in [0.2, 0.25) is 0 Å². The third kappa shape index (κ3) is 3.95. The van der Waals surface area contributed by atoms with Gasteiger partial charge in [-0.1, -0.05) is 19.1 Å². The number of ether oxygens (including phenoxy) is 2. The van der Waals surface area contributed by atoms with Gasteiger partial charge in [-0.15, -0.1) is 11.3 Å². The van der Waals surface area contributed by atoms with E-state index in [0.717, 1.165) is 11.3 Å². The van der Waals surface area contributed by atoms with Gasteiger partial charge in [0.05, 0.1) is 12.3 Å². The zero-order valence-electron chi connectivity index (χ0n) is 12.0. The number of hydrogen-bond donors (Lipinski definition) is 1. The van der Waals surface area contributed by atoms with Gasteiger partial charge in [-0.05, 0) is 25.5 Å². The Bertz CT molecular complexity index is 612. The van der Waals surface area contributed by atoms with Crippen LogP contribution >= 0.6 is 11.3 Å². The molecule has 1 unspecified atom stereocenters. The lowest BCUT2D eigenvalue weighted by molar-refractivity contribution is -0.151. The van der Waals surface area contributed by atoms with Crippen molar-refractivity contribution in [2.24, 2.45) is 0 Å². The molecule has 1 aromatic heterocycles. The monoisotopic (exact) mass is 306 g/mol. The van der Waals surface area contributed by atoms with E-state index in [4.69, 9.17) is 15.2 Å². The molecule has 0 saturated heterocycles. The molecule has 112 valence electrons. The van der Waals surface area contributed by atoms with E-state index in [9.17, 15) is 4.79 Å². The number of benzene rings is 1. The zero-order valence-corrected chi connectivity index (χ0v) is 12.9. The minimum Gasteiger partial charge on any atom is -0.479 e. The molecule has 1 heterocycles. The Labute approximate surface area is 127 Å². The van der Waals surface area contributed by atoms with Gasteiger partial charge in [-0.2, -0.15) is 0 Å². The molecule has 5 nitrogen and oxygen atoms in total. The number of carbonyl (C=O) groups is 1. The summed E-state index contributed by atoms with van der Waals surface area (Å²) in [6.45, 7) is 4.00. The third-order valence-electron chi connectivity index (χ3n) is 2.85. The number of nitrogens with zero attached hydrogens (tertiary/aromatic N) is 1. The van der Waals surface area contributed by atoms with Crippen molar-refractivity contribution in [1.29, 1.82) is 0 Å². The number of rotatable bonds is 6. The molecule has 2 aromatic rings. The molecule has 2 rings (SSSR count). The molecule has 0 radical (unpaired) electrons. The van der Waals surface area contributed by atoms with Crippen molar-refractivity contribution in [2.45, 2.75) is 26.4 Å². The number of hydrogen-bond acceptors (Lipinski definition) is 6. The summed E-state index contributed by atoms with van der Waals surface area (Å²) in [6, 6.07) is 7.43. The summed E-state index contributed by atoms with van der Waals surface area (Å²) >= 11 is 1.39. The Morgan fingerprint density at radius 3 is 2.86 bits per heavy atom. The van der Waals surface area contributed by atoms with Crippen LogP contribution in [0.1, 0.15) is 20.3 Å². The molecule has 2 N–H and O–H groups in total. The highest BCUT2D eigenvalue weighted by atomic mass is 32.1. The van der Waals surface area contributed by atoms with Gasteiger partial charge in [0.1, 0.15) is 5.75 Å². The van der Waals surface area contributed by atoms with Gasteiger partial charge in [-0.25, -0.2) is 9.78 Å². The van der Waals surface area contributed by atoms with Crippen LogP contribution in [0.4, 0.5) is 5.13 Å². The highest BCUT2D eigenvalue weighted by Crippen LogP contribution is 2.26. The lowest BCUT2D eigenvalue weighted by Crippen LogP contribution is -2.28. The Kier molecular flexibility index (Phi) is 5.16. The molecule has 0 aliphatic heterocycles. The van der Waals surface area contributed by atoms with Crippen LogP contribution in [-0.2, 0) is 9.53 Å². The predicted molar refractivity (Wildman–Crippen MR) is 83.3 cm³/mol. The molecule has 21 heavy (non-hydrogen) atoms. The van der Waals surface area contributed by atoms with Crippen molar-refractivity contribution in [2.75, 3.05) is 12.3 Å². The minimum atomic E-state index is -0.597. The fourth-order valence-electron chi connectivity index (χ4n) is 1.85. The van der Waals surface area contributed by atoms with Crippen LogP contribution in [0.5, 0.6) is 5.75 Å². The lowest BCUT2D eigenvalue weighted by Gasteiger charge is -2.16. The van der Waals surface area contributed by atoms with Crippen molar-refractivity contribution in [3.8, 4) is 17.0 Å². The molecule has 0 aliphatic rings. The summed E-state index contributed by atoms with van der Waals surface area (Å²) in [5.74, 6) is 0.266. The van der Waals surface area contributed by atoms with Gasteiger partial charge in [-0.3, -0.25) is 0 Å². The van der Waals surface area contributed by atoms with E-state index in [2.05, 4.69) is 4.98 Å². The first-order valence-electron chi connectivity index (χ1n) is 6.78. The van der Waals surface area contributed by atoms with Crippen molar-refractivity contribution in [3.05, 3.63) is 29.6 Å². The Morgan fingerprint density at radius 2 is 2.24 bits per heavy atom. The van der Waals surface area contributed by atoms with E-state index in [1.165, 1.54) is 11.3 Å². The fourth-order valence-corrected chi connectivity index (χ4v) is 2.42. The number of nitrogens with two attached hydrogens (primary N) is 1. The predicted octanol–water partition coefficient (Wildman–Crippen LogP) is 3.11. The molecule has 1 atom stereocenters. The average Bonchev–Trinajstić information content (AvgIpc) is 2.92. The molecule has 0 amide bonds. The second-order valence-electron chi connectivity index (χ2n) is 4.37. The highest BCUT2D eigenvalue weighted by Gasteiger charge is 2.19. The SMILES string of the molecule is CCOC(=O)C(CC)Oc1cccc(-c2csc(N)n2)c1. The number of esters is 1. The van der Waals surface area contributed by atoms with Crippen LogP contribution < -0.4 is 10.5 Å². The quantitative estimate of drug-likeness (QED) is 0.830. The number of nitrogen functional groups attached to an aromatic ring is 1. The normalized spacial score (nSPS) is 11.9. The average molecular weight is 306 g/mol. The summed E-state index contributed by atoms with van der Waals surface area (Å²) < 4.78 is 10.7. The number of carbonyl (C=O) groups excluding carboxylic acids is 1. The van der Waals surface area contributed by atoms with Gasteiger partial charge in [0.15, 0.2) is 11.2 Å². The largest absolute Gasteiger partial charge is 0.479 e. The molecule has 0 fully saturated rings. The smallest absolute Gasteiger partial charge is 0.347 e. The van der Waals surface area contributed by atoms with Gasteiger partial charge < -0.3 is 15.2 Å². The highest BCUT2D eigenvalue weighted by molar-refractivity contribution is 7.13. The first-order valence-corrected chi connectivity index (χ1v) is 7.66. The number of aromatic nitrogens is 1. The van der Waals surface area contributed by atoms with E-state index in [1.54, 1.807) is 13.0 Å². The summed E-state index contributed by atoms with van der Waals surface area (Å²) in [5.41, 5.74) is 7.34. The van der Waals surface area contributed by atoms with Gasteiger partial charge in [0, 0.05) is 10.9 Å². The van der Waals surface area contributed by atoms with Gasteiger partial charge >= 0.3 is 5.97 Å². The number of thiazole rings is 1. The Balaban J connectivity index is 2.15. The molecule has 0 aliphatic carbocycles. The summed E-state index contributed by atoms with van der Waals surface area (Å²) in [5, 5.41) is 2.41. The minimum absolute atomic E-state index is 0.344.